The van der Waals surface area contributed by atoms with Gasteiger partial charge in [-0.05, 0) is 49.4 Å². The third kappa shape index (κ3) is 2.84. The third-order valence-corrected chi connectivity index (χ3v) is 4.22. The van der Waals surface area contributed by atoms with E-state index in [1.807, 2.05) is 10.9 Å². The number of anilines is 1. The summed E-state index contributed by atoms with van der Waals surface area (Å²) in [5.41, 5.74) is 4.08. The first kappa shape index (κ1) is 12.7. The normalized spacial score (nSPS) is 18.1. The van der Waals surface area contributed by atoms with Gasteiger partial charge in [0, 0.05) is 23.3 Å². The molecule has 2 aromatic rings. The fourth-order valence-corrected chi connectivity index (χ4v) is 3.10. The number of hydrogen-bond acceptors (Lipinski definition) is 2. The van der Waals surface area contributed by atoms with E-state index in [4.69, 9.17) is 0 Å². The van der Waals surface area contributed by atoms with Crippen molar-refractivity contribution in [2.45, 2.75) is 38.8 Å². The zero-order valence-corrected chi connectivity index (χ0v) is 12.7. The molecule has 1 aromatic heterocycles. The lowest BCUT2D eigenvalue weighted by Crippen LogP contribution is -2.27. The molecule has 0 radical (unpaired) electrons. The zero-order valence-electron chi connectivity index (χ0n) is 11.1. The molecule has 0 saturated heterocycles. The van der Waals surface area contributed by atoms with E-state index < -0.39 is 0 Å². The van der Waals surface area contributed by atoms with Crippen molar-refractivity contribution in [3.05, 3.63) is 46.2 Å². The predicted molar refractivity (Wildman–Crippen MR) is 81.5 cm³/mol. The largest absolute Gasteiger partial charge is 0.379 e. The number of rotatable bonds is 3. The van der Waals surface area contributed by atoms with Crippen LogP contribution >= 0.6 is 15.9 Å². The lowest BCUT2D eigenvalue weighted by molar-refractivity contribution is 0.610. The second-order valence-electron chi connectivity index (χ2n) is 5.08. The predicted octanol–water partition coefficient (Wildman–Crippen LogP) is 3.63. The number of nitrogens with one attached hydrogen (secondary N) is 1. The molecule has 0 aliphatic heterocycles. The minimum Gasteiger partial charge on any atom is -0.379 e. The molecule has 0 fully saturated rings. The molecule has 1 aromatic carbocycles. The fourth-order valence-electron chi connectivity index (χ4n) is 2.69. The molecule has 4 heteroatoms. The maximum absolute atomic E-state index is 4.30. The first-order valence-electron chi connectivity index (χ1n) is 6.81. The van der Waals surface area contributed by atoms with Gasteiger partial charge in [-0.3, -0.25) is 4.68 Å². The van der Waals surface area contributed by atoms with Crippen molar-refractivity contribution < 1.29 is 0 Å². The molecule has 3 rings (SSSR count). The summed E-state index contributed by atoms with van der Waals surface area (Å²) in [6.45, 7) is 3.02. The smallest absolute Gasteiger partial charge is 0.0728 e. The van der Waals surface area contributed by atoms with Crippen molar-refractivity contribution in [1.82, 2.24) is 9.78 Å². The van der Waals surface area contributed by atoms with Crippen LogP contribution in [0, 0.1) is 0 Å². The molecule has 1 unspecified atom stereocenters. The van der Waals surface area contributed by atoms with Crippen LogP contribution in [0.5, 0.6) is 0 Å². The van der Waals surface area contributed by atoms with E-state index in [1.165, 1.54) is 22.0 Å². The second kappa shape index (κ2) is 5.37. The Labute approximate surface area is 122 Å². The summed E-state index contributed by atoms with van der Waals surface area (Å²) in [5, 5.41) is 7.90. The summed E-state index contributed by atoms with van der Waals surface area (Å²) in [6, 6.07) is 7.14. The van der Waals surface area contributed by atoms with Crippen molar-refractivity contribution >= 4 is 21.6 Å². The van der Waals surface area contributed by atoms with Gasteiger partial charge in [0.1, 0.15) is 0 Å². The second-order valence-corrected chi connectivity index (χ2v) is 6.00. The van der Waals surface area contributed by atoms with Crippen molar-refractivity contribution in [1.29, 1.82) is 0 Å². The van der Waals surface area contributed by atoms with E-state index in [1.54, 1.807) is 0 Å². The Kier molecular flexibility index (Phi) is 3.60. The Bertz CT molecular complexity index is 577. The summed E-state index contributed by atoms with van der Waals surface area (Å²) in [7, 11) is 0. The van der Waals surface area contributed by atoms with Crippen molar-refractivity contribution in [2.24, 2.45) is 0 Å². The number of fused-ring (bicyclic) bond motifs is 1. The summed E-state index contributed by atoms with van der Waals surface area (Å²) < 4.78 is 3.14. The van der Waals surface area contributed by atoms with Crippen LogP contribution in [0.3, 0.4) is 0 Å². The molecule has 3 nitrogen and oxygen atoms in total. The van der Waals surface area contributed by atoms with E-state index >= 15 is 0 Å². The van der Waals surface area contributed by atoms with Gasteiger partial charge >= 0.3 is 0 Å². The fraction of sp³-hybridized carbons (Fsp3) is 0.400. The summed E-state index contributed by atoms with van der Waals surface area (Å²) in [6.07, 6.45) is 7.42. The molecule has 0 spiro atoms. The monoisotopic (exact) mass is 319 g/mol. The van der Waals surface area contributed by atoms with Crippen LogP contribution in [0.1, 0.15) is 24.5 Å². The highest BCUT2D eigenvalue weighted by molar-refractivity contribution is 9.10. The van der Waals surface area contributed by atoms with Gasteiger partial charge in [0.05, 0.1) is 11.9 Å². The van der Waals surface area contributed by atoms with Crippen LogP contribution in [0.4, 0.5) is 5.69 Å². The van der Waals surface area contributed by atoms with E-state index in [0.717, 1.165) is 25.1 Å². The maximum Gasteiger partial charge on any atom is 0.0728 e. The van der Waals surface area contributed by atoms with Crippen molar-refractivity contribution in [3.8, 4) is 0 Å². The van der Waals surface area contributed by atoms with E-state index in [0.29, 0.717) is 6.04 Å². The molecule has 0 saturated carbocycles. The van der Waals surface area contributed by atoms with Crippen molar-refractivity contribution in [3.63, 3.8) is 0 Å². The van der Waals surface area contributed by atoms with Crippen LogP contribution in [0.2, 0.25) is 0 Å². The van der Waals surface area contributed by atoms with Gasteiger partial charge in [-0.1, -0.05) is 22.0 Å². The average molecular weight is 320 g/mol. The minimum absolute atomic E-state index is 0.517. The van der Waals surface area contributed by atoms with E-state index in [-0.39, 0.29) is 0 Å². The van der Waals surface area contributed by atoms with Gasteiger partial charge in [-0.15, -0.1) is 0 Å². The van der Waals surface area contributed by atoms with Gasteiger partial charge in [0.2, 0.25) is 0 Å². The Morgan fingerprint density at radius 3 is 3.11 bits per heavy atom. The van der Waals surface area contributed by atoms with Gasteiger partial charge in [0.15, 0.2) is 0 Å². The Morgan fingerprint density at radius 2 is 2.32 bits per heavy atom. The molecule has 1 aliphatic rings. The number of benzene rings is 1. The standard InChI is InChI=1S/C15H18BrN3/c1-2-19-10-15(9-17-19)18-14-6-4-11-7-13(16)5-3-12(11)8-14/h3,5,7,9-10,14,18H,2,4,6,8H2,1H3. The van der Waals surface area contributed by atoms with Crippen LogP contribution in [-0.2, 0) is 19.4 Å². The maximum atomic E-state index is 4.30. The van der Waals surface area contributed by atoms with Crippen LogP contribution in [0.25, 0.3) is 0 Å². The number of hydrogen-bond donors (Lipinski definition) is 1. The quantitative estimate of drug-likeness (QED) is 0.936. The number of aryl methyl sites for hydroxylation is 2. The molecular weight excluding hydrogens is 302 g/mol. The Morgan fingerprint density at radius 1 is 1.42 bits per heavy atom. The van der Waals surface area contributed by atoms with E-state index in [9.17, 15) is 0 Å². The lowest BCUT2D eigenvalue weighted by Gasteiger charge is -2.26. The molecule has 0 amide bonds. The Balaban J connectivity index is 1.70. The average Bonchev–Trinajstić information content (AvgIpc) is 2.86. The SMILES string of the molecule is CCn1cc(NC2CCc3cc(Br)ccc3C2)cn1. The molecule has 1 atom stereocenters. The van der Waals surface area contributed by atoms with Gasteiger partial charge in [-0.2, -0.15) is 5.10 Å². The summed E-state index contributed by atoms with van der Waals surface area (Å²) >= 11 is 3.54. The number of nitrogens with zero attached hydrogens (tertiary/aromatic N) is 2. The molecule has 0 bridgehead atoms. The lowest BCUT2D eigenvalue weighted by atomic mass is 9.88. The molecule has 1 heterocycles. The third-order valence-electron chi connectivity index (χ3n) is 3.72. The Hall–Kier alpha value is -1.29. The highest BCUT2D eigenvalue weighted by atomic mass is 79.9. The number of aromatic nitrogens is 2. The molecule has 19 heavy (non-hydrogen) atoms. The van der Waals surface area contributed by atoms with Gasteiger partial charge in [0.25, 0.3) is 0 Å². The van der Waals surface area contributed by atoms with Crippen LogP contribution in [0.15, 0.2) is 35.1 Å². The van der Waals surface area contributed by atoms with Crippen LogP contribution < -0.4 is 5.32 Å². The topological polar surface area (TPSA) is 29.9 Å². The molecule has 1 aliphatic carbocycles. The minimum atomic E-state index is 0.517. The molecule has 1 N–H and O–H groups in total. The van der Waals surface area contributed by atoms with Gasteiger partial charge < -0.3 is 5.32 Å². The van der Waals surface area contributed by atoms with Crippen molar-refractivity contribution in [2.75, 3.05) is 5.32 Å². The molecule has 100 valence electrons. The zero-order chi connectivity index (χ0) is 13.2. The molecular formula is C15H18BrN3. The van der Waals surface area contributed by atoms with Crippen LogP contribution in [-0.4, -0.2) is 15.8 Å². The summed E-state index contributed by atoms with van der Waals surface area (Å²) in [5.74, 6) is 0. The highest BCUT2D eigenvalue weighted by Crippen LogP contribution is 2.26. The van der Waals surface area contributed by atoms with E-state index in [2.05, 4.69) is 57.7 Å². The van der Waals surface area contributed by atoms with Gasteiger partial charge in [-0.25, -0.2) is 0 Å². The summed E-state index contributed by atoms with van der Waals surface area (Å²) in [4.78, 5) is 0. The highest BCUT2D eigenvalue weighted by Gasteiger charge is 2.18. The first-order valence-corrected chi connectivity index (χ1v) is 7.60. The number of halogens is 1. The first-order chi connectivity index (χ1) is 9.24.